The number of nitrogens with zero attached hydrogens (tertiary/aromatic N) is 4. The normalized spacial score (nSPS) is 21.8. The lowest BCUT2D eigenvalue weighted by Gasteiger charge is -2.31. The first-order valence-electron chi connectivity index (χ1n) is 9.74. The Morgan fingerprint density at radius 1 is 1.13 bits per heavy atom. The maximum Gasteiger partial charge on any atom is 0.259 e. The molecule has 3 aliphatic heterocycles. The first-order chi connectivity index (χ1) is 14.7. The molecule has 1 aromatic carbocycles. The van der Waals surface area contributed by atoms with Gasteiger partial charge in [0.05, 0.1) is 16.2 Å². The van der Waals surface area contributed by atoms with Crippen molar-refractivity contribution in [3.05, 3.63) is 48.2 Å². The van der Waals surface area contributed by atoms with Crippen LogP contribution in [0.4, 0.5) is 5.69 Å². The summed E-state index contributed by atoms with van der Waals surface area (Å²) in [4.78, 5) is 16.6. The third kappa shape index (κ3) is 4.56. The first kappa shape index (κ1) is 21.7. The van der Waals surface area contributed by atoms with Gasteiger partial charge in [-0.05, 0) is 37.4 Å². The molecular weight excluding hydrogens is 442 g/mol. The molecule has 1 amide bonds. The van der Waals surface area contributed by atoms with E-state index in [2.05, 4.69) is 14.6 Å². The summed E-state index contributed by atoms with van der Waals surface area (Å²) in [5, 5.41) is 2.66. The minimum Gasteiger partial charge on any atom is -0.331 e. The van der Waals surface area contributed by atoms with E-state index in [1.165, 1.54) is 22.5 Å². The maximum atomic E-state index is 13.0. The van der Waals surface area contributed by atoms with Crippen LogP contribution in [0, 0.1) is 0 Å². The Morgan fingerprint density at radius 3 is 2.61 bits per heavy atom. The predicted octanol–water partition coefficient (Wildman–Crippen LogP) is 0.0588. The van der Waals surface area contributed by atoms with Gasteiger partial charge in [0.2, 0.25) is 10.0 Å². The number of piperazine rings is 1. The van der Waals surface area contributed by atoms with E-state index in [-0.39, 0.29) is 28.6 Å². The zero-order chi connectivity index (χ0) is 22.2. The molecule has 3 heterocycles. The Hall–Kier alpha value is -2.54. The third-order valence-electron chi connectivity index (χ3n) is 5.29. The molecule has 1 N–H and O–H groups in total. The zero-order valence-electron chi connectivity index (χ0n) is 16.9. The second kappa shape index (κ2) is 8.19. The molecule has 0 atom stereocenters. The van der Waals surface area contributed by atoms with Gasteiger partial charge in [0.15, 0.2) is 5.84 Å². The highest BCUT2D eigenvalue weighted by atomic mass is 32.2. The molecule has 1 saturated heterocycles. The average Bonchev–Trinajstić information content (AvgIpc) is 2.73. The van der Waals surface area contributed by atoms with Gasteiger partial charge in [0.25, 0.3) is 15.9 Å². The minimum atomic E-state index is -3.68. The van der Waals surface area contributed by atoms with E-state index in [4.69, 9.17) is 0 Å². The van der Waals surface area contributed by atoms with E-state index in [9.17, 15) is 21.6 Å². The fourth-order valence-corrected chi connectivity index (χ4v) is 5.96. The highest BCUT2D eigenvalue weighted by molar-refractivity contribution is 7.90. The topological polar surface area (TPSA) is 119 Å². The summed E-state index contributed by atoms with van der Waals surface area (Å²) < 4.78 is 54.9. The molecular formula is C19H23N5O5S2. The smallest absolute Gasteiger partial charge is 0.259 e. The van der Waals surface area contributed by atoms with Gasteiger partial charge in [0, 0.05) is 44.6 Å². The summed E-state index contributed by atoms with van der Waals surface area (Å²) in [6, 6.07) is 6.04. The van der Waals surface area contributed by atoms with Gasteiger partial charge in [-0.1, -0.05) is 6.07 Å². The van der Waals surface area contributed by atoms with Crippen molar-refractivity contribution in [3.8, 4) is 0 Å². The van der Waals surface area contributed by atoms with Crippen molar-refractivity contribution in [2.24, 2.45) is 4.40 Å². The molecule has 0 spiro atoms. The average molecular weight is 466 g/mol. The molecule has 166 valence electrons. The lowest BCUT2D eigenvalue weighted by Crippen LogP contribution is -2.47. The van der Waals surface area contributed by atoms with E-state index in [1.54, 1.807) is 29.3 Å². The largest absolute Gasteiger partial charge is 0.331 e. The number of likely N-dealkylation sites (N-methyl/N-ethyl adjacent to an activating group) is 1. The summed E-state index contributed by atoms with van der Waals surface area (Å²) in [7, 11) is -5.37. The van der Waals surface area contributed by atoms with Gasteiger partial charge in [-0.15, -0.1) is 4.40 Å². The fourth-order valence-electron chi connectivity index (χ4n) is 3.50. The second-order valence-electron chi connectivity index (χ2n) is 7.51. The van der Waals surface area contributed by atoms with Gasteiger partial charge >= 0.3 is 0 Å². The van der Waals surface area contributed by atoms with Crippen molar-refractivity contribution in [2.45, 2.75) is 4.90 Å². The molecule has 0 saturated carbocycles. The third-order valence-corrected chi connectivity index (χ3v) is 8.34. The maximum absolute atomic E-state index is 13.0. The van der Waals surface area contributed by atoms with Crippen LogP contribution in [0.2, 0.25) is 0 Å². The fraction of sp³-hybridized carbons (Fsp3) is 0.368. The minimum absolute atomic E-state index is 0.0625. The number of sulfonamides is 2. The van der Waals surface area contributed by atoms with Gasteiger partial charge in [0.1, 0.15) is 0 Å². The molecule has 0 radical (unpaired) electrons. The molecule has 0 aromatic heterocycles. The standard InChI is InChI=1S/C19H23N5O5S2/c1-22-8-10-24(11-9-22)31(28,29)16-5-2-4-15(14-16)20-19(25)17-6-3-7-23-12-13-30(26,27)21-18(17)23/h2-7,14H,8-13H2,1H3,(H,20,25). The van der Waals surface area contributed by atoms with Crippen LogP contribution in [0.5, 0.6) is 0 Å². The zero-order valence-corrected chi connectivity index (χ0v) is 18.6. The monoisotopic (exact) mass is 465 g/mol. The number of carbonyl (C=O) groups excluding carboxylic acids is 1. The molecule has 1 fully saturated rings. The summed E-state index contributed by atoms with van der Waals surface area (Å²) in [5.74, 6) is -0.631. The number of amides is 1. The Morgan fingerprint density at radius 2 is 1.87 bits per heavy atom. The number of hydrogen-bond donors (Lipinski definition) is 1. The molecule has 31 heavy (non-hydrogen) atoms. The van der Waals surface area contributed by atoms with E-state index < -0.39 is 26.0 Å². The number of anilines is 1. The van der Waals surface area contributed by atoms with Crippen LogP contribution >= 0.6 is 0 Å². The lowest BCUT2D eigenvalue weighted by atomic mass is 10.1. The SMILES string of the molecule is CN1CCN(S(=O)(=O)c2cccc(NC(=O)C3=CC=CN4CCS(=O)(=O)N=C34)c2)CC1. The number of allylic oxidation sites excluding steroid dienone is 2. The molecule has 4 rings (SSSR count). The van der Waals surface area contributed by atoms with Crippen molar-refractivity contribution in [1.82, 2.24) is 14.1 Å². The molecule has 12 heteroatoms. The number of benzene rings is 1. The number of nitrogens with one attached hydrogen (secondary N) is 1. The number of amidine groups is 1. The van der Waals surface area contributed by atoms with Gasteiger partial charge < -0.3 is 15.1 Å². The van der Waals surface area contributed by atoms with Crippen LogP contribution in [0.25, 0.3) is 0 Å². The van der Waals surface area contributed by atoms with Crippen molar-refractivity contribution >= 4 is 37.5 Å². The van der Waals surface area contributed by atoms with Gasteiger partial charge in [-0.25, -0.2) is 16.8 Å². The molecule has 0 aliphatic carbocycles. The van der Waals surface area contributed by atoms with E-state index in [1.807, 2.05) is 7.05 Å². The number of rotatable bonds is 4. The van der Waals surface area contributed by atoms with E-state index in [0.717, 1.165) is 0 Å². The number of carbonyl (C=O) groups is 1. The summed E-state index contributed by atoms with van der Waals surface area (Å²) in [6.45, 7) is 2.32. The van der Waals surface area contributed by atoms with Crippen LogP contribution in [0.3, 0.4) is 0 Å². The van der Waals surface area contributed by atoms with Crippen molar-refractivity contribution < 1.29 is 21.6 Å². The summed E-state index contributed by atoms with van der Waals surface area (Å²) in [6.07, 6.45) is 4.78. The molecule has 3 aliphatic rings. The molecule has 0 bridgehead atoms. The Kier molecular flexibility index (Phi) is 5.73. The van der Waals surface area contributed by atoms with Crippen LogP contribution in [0.1, 0.15) is 0 Å². The Balaban J connectivity index is 1.55. The van der Waals surface area contributed by atoms with Gasteiger partial charge in [-0.3, -0.25) is 4.79 Å². The van der Waals surface area contributed by atoms with E-state index in [0.29, 0.717) is 31.9 Å². The number of fused-ring (bicyclic) bond motifs is 1. The Bertz CT molecular complexity index is 1200. The molecule has 0 unspecified atom stereocenters. The van der Waals surface area contributed by atoms with Crippen LogP contribution < -0.4 is 5.32 Å². The van der Waals surface area contributed by atoms with E-state index >= 15 is 0 Å². The second-order valence-corrected chi connectivity index (χ2v) is 11.2. The number of hydrogen-bond acceptors (Lipinski definition) is 7. The highest BCUT2D eigenvalue weighted by Gasteiger charge is 2.31. The van der Waals surface area contributed by atoms with Crippen LogP contribution in [0.15, 0.2) is 57.5 Å². The van der Waals surface area contributed by atoms with Crippen molar-refractivity contribution in [2.75, 3.05) is 50.8 Å². The van der Waals surface area contributed by atoms with Crippen LogP contribution in [-0.4, -0.2) is 88.2 Å². The summed E-state index contributed by atoms with van der Waals surface area (Å²) >= 11 is 0. The highest BCUT2D eigenvalue weighted by Crippen LogP contribution is 2.23. The predicted molar refractivity (Wildman–Crippen MR) is 116 cm³/mol. The van der Waals surface area contributed by atoms with Gasteiger partial charge in [-0.2, -0.15) is 4.31 Å². The quantitative estimate of drug-likeness (QED) is 0.668. The Labute approximate surface area is 181 Å². The van der Waals surface area contributed by atoms with Crippen molar-refractivity contribution in [1.29, 1.82) is 0 Å². The molecule has 10 nitrogen and oxygen atoms in total. The van der Waals surface area contributed by atoms with Crippen molar-refractivity contribution in [3.63, 3.8) is 0 Å². The lowest BCUT2D eigenvalue weighted by molar-refractivity contribution is -0.112. The first-order valence-corrected chi connectivity index (χ1v) is 12.8. The van der Waals surface area contributed by atoms with Crippen LogP contribution in [-0.2, 0) is 24.8 Å². The molecule has 1 aromatic rings. The summed E-state index contributed by atoms with van der Waals surface area (Å²) in [5.41, 5.74) is 0.388.